The van der Waals surface area contributed by atoms with Gasteiger partial charge in [-0.3, -0.25) is 9.59 Å². The van der Waals surface area contributed by atoms with Crippen molar-refractivity contribution in [3.05, 3.63) is 30.0 Å². The molecule has 1 aromatic heterocycles. The lowest BCUT2D eigenvalue weighted by molar-refractivity contribution is -0.138. The number of carboxylic acids is 1. The lowest BCUT2D eigenvalue weighted by Crippen LogP contribution is -2.45. The van der Waals surface area contributed by atoms with Crippen molar-refractivity contribution in [3.63, 3.8) is 0 Å². The number of hydrogen-bond acceptors (Lipinski definition) is 3. The summed E-state index contributed by atoms with van der Waals surface area (Å²) in [5.41, 5.74) is 1.10. The number of ether oxygens (including phenoxy) is 1. The Morgan fingerprint density at radius 1 is 1.35 bits per heavy atom. The van der Waals surface area contributed by atoms with Crippen LogP contribution in [0.3, 0.4) is 0 Å². The van der Waals surface area contributed by atoms with E-state index in [1.54, 1.807) is 13.2 Å². The van der Waals surface area contributed by atoms with Crippen molar-refractivity contribution in [2.24, 2.45) is 0 Å². The number of carboxylic acid groups (broad SMARTS) is 1. The molecule has 2 rings (SSSR count). The summed E-state index contributed by atoms with van der Waals surface area (Å²) >= 11 is 0. The smallest absolute Gasteiger partial charge is 0.325 e. The number of aliphatic carboxylic acids is 1. The van der Waals surface area contributed by atoms with Crippen LogP contribution in [0.1, 0.15) is 10.5 Å². The van der Waals surface area contributed by atoms with Gasteiger partial charge in [0.15, 0.2) is 0 Å². The van der Waals surface area contributed by atoms with Crippen LogP contribution in [0.5, 0.6) is 5.75 Å². The third kappa shape index (κ3) is 4.13. The standard InChI is InChI=1S/C16H22N2O4Si/c1-22-14-7-5-6-11-10(14)8-12(17-11)15(19)18-13(16(20)21)9-23(2,3)4/h5-8,13,17H,9H2,1-4H3,(H,18,19)(H,20,21). The zero-order valence-electron chi connectivity index (χ0n) is 13.8. The molecule has 6 nitrogen and oxygen atoms in total. The molecule has 0 bridgehead atoms. The highest BCUT2D eigenvalue weighted by molar-refractivity contribution is 6.76. The molecule has 7 heteroatoms. The van der Waals surface area contributed by atoms with Crippen molar-refractivity contribution in [2.45, 2.75) is 31.7 Å². The number of fused-ring (bicyclic) bond motifs is 1. The highest BCUT2D eigenvalue weighted by Gasteiger charge is 2.28. The van der Waals surface area contributed by atoms with Gasteiger partial charge in [-0.2, -0.15) is 0 Å². The van der Waals surface area contributed by atoms with Gasteiger partial charge in [-0.1, -0.05) is 25.7 Å². The Labute approximate surface area is 135 Å². The molecule has 0 aliphatic heterocycles. The molecule has 1 amide bonds. The number of hydrogen-bond donors (Lipinski definition) is 3. The first kappa shape index (κ1) is 17.1. The molecule has 1 atom stereocenters. The summed E-state index contributed by atoms with van der Waals surface area (Å²) in [6.07, 6.45) is 0. The van der Waals surface area contributed by atoms with Gasteiger partial charge >= 0.3 is 5.97 Å². The SMILES string of the molecule is COc1cccc2[nH]c(C(=O)NC(C[Si](C)(C)C)C(=O)O)cc12. The van der Waals surface area contributed by atoms with E-state index in [0.29, 0.717) is 17.5 Å². The number of benzene rings is 1. The molecule has 0 radical (unpaired) electrons. The first-order valence-electron chi connectivity index (χ1n) is 7.40. The molecule has 3 N–H and O–H groups in total. The molecule has 1 aromatic carbocycles. The highest BCUT2D eigenvalue weighted by Crippen LogP contribution is 2.26. The fraction of sp³-hybridized carbons (Fsp3) is 0.375. The van der Waals surface area contributed by atoms with E-state index in [1.807, 2.05) is 18.2 Å². The predicted octanol–water partition coefficient (Wildman–Crippen LogP) is 2.70. The number of H-pyrrole nitrogens is 1. The first-order chi connectivity index (χ1) is 10.7. The molecule has 23 heavy (non-hydrogen) atoms. The van der Waals surface area contributed by atoms with Crippen LogP contribution in [0.25, 0.3) is 10.9 Å². The Morgan fingerprint density at radius 3 is 2.61 bits per heavy atom. The molecule has 1 heterocycles. The topological polar surface area (TPSA) is 91.4 Å². The van der Waals surface area contributed by atoms with E-state index in [1.165, 1.54) is 0 Å². The van der Waals surface area contributed by atoms with Crippen molar-refractivity contribution in [1.29, 1.82) is 0 Å². The van der Waals surface area contributed by atoms with Crippen LogP contribution in [0.4, 0.5) is 0 Å². The third-order valence-corrected chi connectivity index (χ3v) is 5.14. The van der Waals surface area contributed by atoms with Gasteiger partial charge in [0.2, 0.25) is 0 Å². The molecule has 0 fully saturated rings. The van der Waals surface area contributed by atoms with Crippen molar-refractivity contribution >= 4 is 30.9 Å². The summed E-state index contributed by atoms with van der Waals surface area (Å²) in [6.45, 7) is 6.22. The average molecular weight is 334 g/mol. The fourth-order valence-electron chi connectivity index (χ4n) is 2.48. The van der Waals surface area contributed by atoms with E-state index in [4.69, 9.17) is 4.74 Å². The second-order valence-corrected chi connectivity index (χ2v) is 12.3. The highest BCUT2D eigenvalue weighted by atomic mass is 28.3. The summed E-state index contributed by atoms with van der Waals surface area (Å²) < 4.78 is 5.27. The number of methoxy groups -OCH3 is 1. The zero-order chi connectivity index (χ0) is 17.2. The number of aromatic nitrogens is 1. The quantitative estimate of drug-likeness (QED) is 0.708. The summed E-state index contributed by atoms with van der Waals surface area (Å²) in [4.78, 5) is 26.8. The van der Waals surface area contributed by atoms with E-state index < -0.39 is 26.0 Å². The van der Waals surface area contributed by atoms with Gasteiger partial charge in [0.05, 0.1) is 7.11 Å². The maximum atomic E-state index is 12.4. The lowest BCUT2D eigenvalue weighted by Gasteiger charge is -2.22. The summed E-state index contributed by atoms with van der Waals surface area (Å²) in [7, 11) is -0.0577. The van der Waals surface area contributed by atoms with Crippen molar-refractivity contribution in [2.75, 3.05) is 7.11 Å². The molecular weight excluding hydrogens is 312 g/mol. The van der Waals surface area contributed by atoms with Gasteiger partial charge < -0.3 is 20.1 Å². The summed E-state index contributed by atoms with van der Waals surface area (Å²) in [5, 5.41) is 12.7. The van der Waals surface area contributed by atoms with Gasteiger partial charge in [0.1, 0.15) is 17.5 Å². The van der Waals surface area contributed by atoms with E-state index in [9.17, 15) is 14.7 Å². The predicted molar refractivity (Wildman–Crippen MR) is 91.9 cm³/mol. The largest absolute Gasteiger partial charge is 0.496 e. The fourth-order valence-corrected chi connectivity index (χ4v) is 3.98. The molecule has 0 saturated heterocycles. The van der Waals surface area contributed by atoms with Crippen LogP contribution in [0.15, 0.2) is 24.3 Å². The Kier molecular flexibility index (Phi) is 4.79. The van der Waals surface area contributed by atoms with Gasteiger partial charge in [-0.15, -0.1) is 0 Å². The van der Waals surface area contributed by atoms with Crippen molar-refractivity contribution in [1.82, 2.24) is 10.3 Å². The van der Waals surface area contributed by atoms with E-state index in [-0.39, 0.29) is 0 Å². The zero-order valence-corrected chi connectivity index (χ0v) is 14.8. The summed E-state index contributed by atoms with van der Waals surface area (Å²) in [5.74, 6) is -0.766. The van der Waals surface area contributed by atoms with Crippen LogP contribution in [-0.4, -0.2) is 43.2 Å². The molecule has 2 aromatic rings. The van der Waals surface area contributed by atoms with Crippen LogP contribution < -0.4 is 10.1 Å². The molecule has 0 spiro atoms. The third-order valence-electron chi connectivity index (χ3n) is 3.51. The number of rotatable bonds is 6. The molecule has 0 saturated carbocycles. The van der Waals surface area contributed by atoms with Gasteiger partial charge in [-0.25, -0.2) is 0 Å². The van der Waals surface area contributed by atoms with Crippen LogP contribution in [0.2, 0.25) is 25.7 Å². The maximum Gasteiger partial charge on any atom is 0.325 e. The Balaban J connectivity index is 2.24. The molecular formula is C16H22N2O4Si. The minimum absolute atomic E-state index is 0.325. The second-order valence-electron chi connectivity index (χ2n) is 6.73. The Morgan fingerprint density at radius 2 is 2.04 bits per heavy atom. The number of nitrogens with one attached hydrogen (secondary N) is 2. The lowest BCUT2D eigenvalue weighted by atomic mass is 10.2. The Bertz CT molecular complexity index is 733. The molecule has 0 aliphatic carbocycles. The first-order valence-corrected chi connectivity index (χ1v) is 11.1. The van der Waals surface area contributed by atoms with Crippen LogP contribution in [0, 0.1) is 0 Å². The van der Waals surface area contributed by atoms with E-state index in [2.05, 4.69) is 29.9 Å². The molecule has 0 aliphatic rings. The Hall–Kier alpha value is -2.28. The van der Waals surface area contributed by atoms with Gasteiger partial charge in [0, 0.05) is 19.0 Å². The summed E-state index contributed by atoms with van der Waals surface area (Å²) in [6, 6.07) is 6.76. The van der Waals surface area contributed by atoms with Gasteiger partial charge in [0.25, 0.3) is 5.91 Å². The average Bonchev–Trinajstić information content (AvgIpc) is 2.88. The number of aromatic amines is 1. The normalized spacial score (nSPS) is 12.9. The number of amides is 1. The van der Waals surface area contributed by atoms with Crippen LogP contribution >= 0.6 is 0 Å². The number of carbonyl (C=O) groups excluding carboxylic acids is 1. The minimum atomic E-state index is -1.62. The molecule has 1 unspecified atom stereocenters. The monoisotopic (exact) mass is 334 g/mol. The maximum absolute atomic E-state index is 12.4. The van der Waals surface area contributed by atoms with E-state index >= 15 is 0 Å². The molecule has 124 valence electrons. The van der Waals surface area contributed by atoms with Gasteiger partial charge in [-0.05, 0) is 24.2 Å². The van der Waals surface area contributed by atoms with Crippen LogP contribution in [-0.2, 0) is 4.79 Å². The van der Waals surface area contributed by atoms with Crippen molar-refractivity contribution < 1.29 is 19.4 Å². The number of carbonyl (C=O) groups is 2. The second kappa shape index (κ2) is 6.45. The van der Waals surface area contributed by atoms with Crippen molar-refractivity contribution in [3.8, 4) is 5.75 Å². The minimum Gasteiger partial charge on any atom is -0.496 e. The van der Waals surface area contributed by atoms with E-state index in [0.717, 1.165) is 10.9 Å².